The molecule has 0 radical (unpaired) electrons. The number of rotatable bonds is 3. The first kappa shape index (κ1) is 10.3. The van der Waals surface area contributed by atoms with Crippen LogP contribution in [0.4, 0.5) is 0 Å². The van der Waals surface area contributed by atoms with Gasteiger partial charge in [0, 0.05) is 6.07 Å². The number of methoxy groups -OCH3 is 1. The Bertz CT molecular complexity index is 334. The molecule has 1 aromatic carbocycles. The number of benzene rings is 1. The molecule has 0 heterocycles. The fourth-order valence-corrected chi connectivity index (χ4v) is 1.06. The van der Waals surface area contributed by atoms with Crippen molar-refractivity contribution in [3.63, 3.8) is 0 Å². The van der Waals surface area contributed by atoms with Crippen molar-refractivity contribution in [1.82, 2.24) is 0 Å². The van der Waals surface area contributed by atoms with Crippen molar-refractivity contribution >= 4 is 0 Å². The number of aromatic hydroxyl groups is 3. The molecule has 0 atom stereocenters. The van der Waals surface area contributed by atoms with Crippen LogP contribution in [0, 0.1) is 0 Å². The lowest BCUT2D eigenvalue weighted by molar-refractivity contribution is 0.289. The molecule has 0 aromatic heterocycles. The summed E-state index contributed by atoms with van der Waals surface area (Å²) >= 11 is 0. The number of hydrogen-bond acceptors (Lipinski definition) is 5. The monoisotopic (exact) mass is 200 g/mol. The zero-order chi connectivity index (χ0) is 10.7. The minimum Gasteiger partial charge on any atom is -0.504 e. The predicted molar refractivity (Wildman–Crippen MR) is 49.2 cm³/mol. The molecule has 0 fully saturated rings. The smallest absolute Gasteiger partial charge is 0.210 e. The van der Waals surface area contributed by atoms with E-state index in [0.717, 1.165) is 6.07 Å². The lowest BCUT2D eigenvalue weighted by Gasteiger charge is -2.11. The van der Waals surface area contributed by atoms with E-state index in [4.69, 9.17) is 9.47 Å². The van der Waals surface area contributed by atoms with Crippen LogP contribution in [0.25, 0.3) is 0 Å². The number of hydrogen-bond donors (Lipinski definition) is 3. The van der Waals surface area contributed by atoms with Crippen molar-refractivity contribution in [3.8, 4) is 28.7 Å². The van der Waals surface area contributed by atoms with Gasteiger partial charge in [-0.05, 0) is 6.92 Å². The van der Waals surface area contributed by atoms with Gasteiger partial charge >= 0.3 is 0 Å². The van der Waals surface area contributed by atoms with Gasteiger partial charge in [-0.1, -0.05) is 0 Å². The molecular weight excluding hydrogens is 188 g/mol. The fourth-order valence-electron chi connectivity index (χ4n) is 1.06. The van der Waals surface area contributed by atoms with Gasteiger partial charge in [-0.3, -0.25) is 0 Å². The molecule has 0 saturated carbocycles. The Labute approximate surface area is 81.1 Å². The molecule has 0 aliphatic carbocycles. The second-order valence-corrected chi connectivity index (χ2v) is 2.56. The van der Waals surface area contributed by atoms with Crippen molar-refractivity contribution in [2.45, 2.75) is 6.92 Å². The summed E-state index contributed by atoms with van der Waals surface area (Å²) in [6.45, 7) is 2.07. The Balaban J connectivity index is 3.27. The minimum atomic E-state index is -0.506. The first-order valence-electron chi connectivity index (χ1n) is 4.06. The van der Waals surface area contributed by atoms with Gasteiger partial charge in [0.25, 0.3) is 0 Å². The standard InChI is InChI=1S/C9H12O5/c1-3-14-6-4-5(10)7(11)9(13-2)8(6)12/h4,10-12H,3H2,1-2H3. The Hall–Kier alpha value is -1.78. The van der Waals surface area contributed by atoms with Gasteiger partial charge in [0.2, 0.25) is 17.2 Å². The molecule has 0 saturated heterocycles. The number of phenols is 3. The molecule has 0 bridgehead atoms. The summed E-state index contributed by atoms with van der Waals surface area (Å²) in [5.74, 6) is -1.37. The SMILES string of the molecule is CCOc1cc(O)c(O)c(OC)c1O. The summed E-state index contributed by atoms with van der Waals surface area (Å²) in [7, 11) is 1.27. The van der Waals surface area contributed by atoms with E-state index in [1.165, 1.54) is 7.11 Å². The molecule has 0 aliphatic rings. The van der Waals surface area contributed by atoms with Gasteiger partial charge in [-0.25, -0.2) is 0 Å². The normalized spacial score (nSPS) is 9.86. The van der Waals surface area contributed by atoms with Crippen LogP contribution < -0.4 is 9.47 Å². The highest BCUT2D eigenvalue weighted by molar-refractivity contribution is 5.63. The van der Waals surface area contributed by atoms with Crippen LogP contribution in [0.1, 0.15) is 6.92 Å². The zero-order valence-electron chi connectivity index (χ0n) is 7.94. The van der Waals surface area contributed by atoms with Crippen molar-refractivity contribution in [3.05, 3.63) is 6.07 Å². The van der Waals surface area contributed by atoms with Gasteiger partial charge in [0.1, 0.15) is 0 Å². The average molecular weight is 200 g/mol. The summed E-state index contributed by atoms with van der Waals surface area (Å²) in [6, 6.07) is 1.12. The Morgan fingerprint density at radius 3 is 2.36 bits per heavy atom. The second kappa shape index (κ2) is 3.95. The Kier molecular flexibility index (Phi) is 2.91. The van der Waals surface area contributed by atoms with Gasteiger partial charge < -0.3 is 24.8 Å². The largest absolute Gasteiger partial charge is 0.504 e. The second-order valence-electron chi connectivity index (χ2n) is 2.56. The molecule has 1 aromatic rings. The molecule has 78 valence electrons. The van der Waals surface area contributed by atoms with E-state index in [1.807, 2.05) is 0 Å². The summed E-state index contributed by atoms with van der Waals surface area (Å²) in [4.78, 5) is 0. The third-order valence-electron chi connectivity index (χ3n) is 1.68. The van der Waals surface area contributed by atoms with Crippen molar-refractivity contribution in [1.29, 1.82) is 0 Å². The summed E-state index contributed by atoms with van der Waals surface area (Å²) in [6.07, 6.45) is 0. The highest BCUT2D eigenvalue weighted by atomic mass is 16.5. The van der Waals surface area contributed by atoms with Crippen molar-refractivity contribution in [2.75, 3.05) is 13.7 Å². The van der Waals surface area contributed by atoms with E-state index in [-0.39, 0.29) is 17.2 Å². The highest BCUT2D eigenvalue weighted by Crippen LogP contribution is 2.48. The van der Waals surface area contributed by atoms with Gasteiger partial charge in [-0.15, -0.1) is 0 Å². The van der Waals surface area contributed by atoms with E-state index >= 15 is 0 Å². The van der Waals surface area contributed by atoms with Crippen LogP contribution in [0.15, 0.2) is 6.07 Å². The van der Waals surface area contributed by atoms with Crippen LogP contribution in [-0.4, -0.2) is 29.0 Å². The van der Waals surface area contributed by atoms with Crippen molar-refractivity contribution < 1.29 is 24.8 Å². The van der Waals surface area contributed by atoms with Crippen LogP contribution in [-0.2, 0) is 0 Å². The van der Waals surface area contributed by atoms with E-state index in [1.54, 1.807) is 6.92 Å². The Morgan fingerprint density at radius 1 is 1.21 bits per heavy atom. The number of phenolic OH excluding ortho intramolecular Hbond substituents is 3. The minimum absolute atomic E-state index is 0.0691. The van der Waals surface area contributed by atoms with Crippen LogP contribution in [0.2, 0.25) is 0 Å². The lowest BCUT2D eigenvalue weighted by atomic mass is 10.2. The molecule has 0 amide bonds. The lowest BCUT2D eigenvalue weighted by Crippen LogP contribution is -1.94. The van der Waals surface area contributed by atoms with E-state index in [9.17, 15) is 15.3 Å². The Morgan fingerprint density at radius 2 is 1.86 bits per heavy atom. The third-order valence-corrected chi connectivity index (χ3v) is 1.68. The van der Waals surface area contributed by atoms with Crippen LogP contribution >= 0.6 is 0 Å². The molecule has 5 heteroatoms. The van der Waals surface area contributed by atoms with E-state index < -0.39 is 11.5 Å². The first-order valence-corrected chi connectivity index (χ1v) is 4.06. The molecular formula is C9H12O5. The first-order chi connectivity index (χ1) is 6.61. The summed E-state index contributed by atoms with van der Waals surface area (Å²) in [5, 5.41) is 28.0. The molecule has 5 nitrogen and oxygen atoms in total. The molecule has 0 unspecified atom stereocenters. The van der Waals surface area contributed by atoms with Crippen LogP contribution in [0.5, 0.6) is 28.7 Å². The highest BCUT2D eigenvalue weighted by Gasteiger charge is 2.18. The molecule has 14 heavy (non-hydrogen) atoms. The third kappa shape index (κ3) is 1.61. The maximum atomic E-state index is 9.50. The van der Waals surface area contributed by atoms with E-state index in [2.05, 4.69) is 0 Å². The fraction of sp³-hybridized carbons (Fsp3) is 0.333. The topological polar surface area (TPSA) is 79.2 Å². The van der Waals surface area contributed by atoms with Gasteiger partial charge in [0.05, 0.1) is 13.7 Å². The van der Waals surface area contributed by atoms with E-state index in [0.29, 0.717) is 6.61 Å². The zero-order valence-corrected chi connectivity index (χ0v) is 7.94. The molecule has 0 aliphatic heterocycles. The van der Waals surface area contributed by atoms with Crippen molar-refractivity contribution in [2.24, 2.45) is 0 Å². The average Bonchev–Trinajstić information content (AvgIpc) is 2.16. The molecule has 1 rings (SSSR count). The summed E-state index contributed by atoms with van der Waals surface area (Å²) in [5.41, 5.74) is 0. The molecule has 3 N–H and O–H groups in total. The summed E-state index contributed by atoms with van der Waals surface area (Å²) < 4.78 is 9.72. The predicted octanol–water partition coefficient (Wildman–Crippen LogP) is 1.21. The quantitative estimate of drug-likeness (QED) is 0.505. The number of ether oxygens (including phenoxy) is 2. The van der Waals surface area contributed by atoms with Gasteiger partial charge in [0.15, 0.2) is 11.5 Å². The van der Waals surface area contributed by atoms with Gasteiger partial charge in [-0.2, -0.15) is 0 Å². The maximum Gasteiger partial charge on any atom is 0.210 e. The van der Waals surface area contributed by atoms with Crippen LogP contribution in [0.3, 0.4) is 0 Å². The molecule has 0 spiro atoms. The maximum absolute atomic E-state index is 9.50.